The molecule has 9 heteroatoms. The van der Waals surface area contributed by atoms with Crippen LogP contribution < -0.4 is 16.4 Å². The summed E-state index contributed by atoms with van der Waals surface area (Å²) in [6.45, 7) is 1.99. The van der Waals surface area contributed by atoms with Gasteiger partial charge < -0.3 is 9.90 Å². The summed E-state index contributed by atoms with van der Waals surface area (Å²) in [6, 6.07) is 0. The lowest BCUT2D eigenvalue weighted by Crippen LogP contribution is -2.38. The molecule has 0 bridgehead atoms. The maximum Gasteiger partial charge on any atom is 0.332 e. The van der Waals surface area contributed by atoms with Crippen molar-refractivity contribution in [2.24, 2.45) is 14.1 Å². The third-order valence-electron chi connectivity index (χ3n) is 5.59. The van der Waals surface area contributed by atoms with Crippen LogP contribution in [-0.2, 0) is 18.9 Å². The summed E-state index contributed by atoms with van der Waals surface area (Å²) >= 11 is 1.04. The van der Waals surface area contributed by atoms with Crippen molar-refractivity contribution in [3.63, 3.8) is 0 Å². The first-order valence-electron chi connectivity index (χ1n) is 10.2. The fourth-order valence-corrected chi connectivity index (χ4v) is 4.92. The minimum atomic E-state index is -1.17. The SMILES string of the molecule is CCCC[C@@H](Sc1nc(C2CCCCC2)nc2c1c(=O)n(C)c(=O)n2C)C(=O)[O-]. The van der Waals surface area contributed by atoms with Crippen molar-refractivity contribution in [2.45, 2.75) is 74.5 Å². The van der Waals surface area contributed by atoms with Gasteiger partial charge in [0.05, 0.1) is 11.2 Å². The zero-order chi connectivity index (χ0) is 21.1. The molecule has 2 heterocycles. The molecule has 1 atom stereocenters. The highest BCUT2D eigenvalue weighted by Crippen LogP contribution is 2.34. The Morgan fingerprint density at radius 2 is 1.86 bits per heavy atom. The van der Waals surface area contributed by atoms with Gasteiger partial charge in [-0.2, -0.15) is 0 Å². The molecule has 0 aromatic carbocycles. The largest absolute Gasteiger partial charge is 0.549 e. The van der Waals surface area contributed by atoms with E-state index in [0.29, 0.717) is 17.3 Å². The number of carboxylic acid groups (broad SMARTS) is 1. The summed E-state index contributed by atoms with van der Waals surface area (Å²) in [5.74, 6) is -0.421. The molecule has 0 saturated heterocycles. The predicted molar refractivity (Wildman–Crippen MR) is 110 cm³/mol. The lowest BCUT2D eigenvalue weighted by molar-refractivity contribution is -0.304. The number of unbranched alkanes of at least 4 members (excludes halogenated alkanes) is 1. The number of carbonyl (C=O) groups excluding carboxylic acids is 1. The predicted octanol–water partition coefficient (Wildman–Crippen LogP) is 1.48. The summed E-state index contributed by atoms with van der Waals surface area (Å²) < 4.78 is 2.35. The van der Waals surface area contributed by atoms with Gasteiger partial charge in [0.15, 0.2) is 5.65 Å². The quantitative estimate of drug-likeness (QED) is 0.494. The smallest absolute Gasteiger partial charge is 0.332 e. The first-order chi connectivity index (χ1) is 13.8. The number of aromatic nitrogens is 4. The molecule has 1 aliphatic carbocycles. The van der Waals surface area contributed by atoms with Gasteiger partial charge in [-0.05, 0) is 19.3 Å². The molecule has 158 valence electrons. The molecule has 0 N–H and O–H groups in total. The molecule has 1 fully saturated rings. The van der Waals surface area contributed by atoms with E-state index in [0.717, 1.165) is 54.9 Å². The van der Waals surface area contributed by atoms with Gasteiger partial charge in [-0.3, -0.25) is 13.9 Å². The highest BCUT2D eigenvalue weighted by molar-refractivity contribution is 8.00. The van der Waals surface area contributed by atoms with E-state index < -0.39 is 22.5 Å². The number of aliphatic carboxylic acids is 1. The first-order valence-corrected chi connectivity index (χ1v) is 11.1. The molecule has 0 unspecified atom stereocenters. The number of fused-ring (bicyclic) bond motifs is 1. The number of carbonyl (C=O) groups is 1. The summed E-state index contributed by atoms with van der Waals surface area (Å²) in [5.41, 5.74) is -0.702. The number of hydrogen-bond acceptors (Lipinski definition) is 7. The van der Waals surface area contributed by atoms with Crippen molar-refractivity contribution in [1.29, 1.82) is 0 Å². The Labute approximate surface area is 173 Å². The Kier molecular flexibility index (Phi) is 6.77. The lowest BCUT2D eigenvalue weighted by atomic mass is 9.89. The van der Waals surface area contributed by atoms with Gasteiger partial charge in [0, 0.05) is 20.0 Å². The van der Waals surface area contributed by atoms with Crippen LogP contribution in [0.5, 0.6) is 0 Å². The molecule has 3 rings (SSSR count). The molecule has 0 radical (unpaired) electrons. The summed E-state index contributed by atoms with van der Waals surface area (Å²) in [7, 11) is 2.98. The highest BCUT2D eigenvalue weighted by atomic mass is 32.2. The van der Waals surface area contributed by atoms with Crippen molar-refractivity contribution < 1.29 is 9.90 Å². The summed E-state index contributed by atoms with van der Waals surface area (Å²) in [4.78, 5) is 46.2. The zero-order valence-electron chi connectivity index (χ0n) is 17.1. The minimum absolute atomic E-state index is 0.156. The van der Waals surface area contributed by atoms with Gasteiger partial charge in [0.2, 0.25) is 0 Å². The molecule has 1 aliphatic rings. The van der Waals surface area contributed by atoms with Gasteiger partial charge in [0.25, 0.3) is 5.56 Å². The Bertz CT molecular complexity index is 1020. The maximum absolute atomic E-state index is 12.9. The van der Waals surface area contributed by atoms with E-state index in [9.17, 15) is 19.5 Å². The lowest BCUT2D eigenvalue weighted by Gasteiger charge is -2.23. The van der Waals surface area contributed by atoms with Crippen LogP contribution in [0.1, 0.15) is 70.0 Å². The van der Waals surface area contributed by atoms with Crippen LogP contribution in [0.4, 0.5) is 0 Å². The highest BCUT2D eigenvalue weighted by Gasteiger charge is 2.25. The Hall–Kier alpha value is -2.16. The van der Waals surface area contributed by atoms with Crippen LogP contribution in [0, 0.1) is 0 Å². The van der Waals surface area contributed by atoms with Crippen LogP contribution in [0.2, 0.25) is 0 Å². The van der Waals surface area contributed by atoms with Crippen LogP contribution in [0.3, 0.4) is 0 Å². The molecule has 1 saturated carbocycles. The van der Waals surface area contributed by atoms with Crippen LogP contribution >= 0.6 is 11.8 Å². The zero-order valence-corrected chi connectivity index (χ0v) is 18.0. The Morgan fingerprint density at radius 3 is 2.48 bits per heavy atom. The number of hydrogen-bond donors (Lipinski definition) is 0. The van der Waals surface area contributed by atoms with Crippen molar-refractivity contribution in [2.75, 3.05) is 0 Å². The standard InChI is InChI=1S/C20H28N4O4S/c1-4-5-11-13(19(26)27)29-17-14-16(23(2)20(28)24(3)18(14)25)21-15(22-17)12-9-7-6-8-10-12/h12-13H,4-11H2,1-3H3,(H,26,27)/p-1/t13-/m1/s1. The van der Waals surface area contributed by atoms with E-state index in [4.69, 9.17) is 0 Å². The van der Waals surface area contributed by atoms with E-state index in [1.807, 2.05) is 6.92 Å². The third kappa shape index (κ3) is 4.39. The monoisotopic (exact) mass is 419 g/mol. The van der Waals surface area contributed by atoms with Crippen molar-refractivity contribution in [1.82, 2.24) is 19.1 Å². The average Bonchev–Trinajstić information content (AvgIpc) is 2.73. The fourth-order valence-electron chi connectivity index (χ4n) is 3.82. The second kappa shape index (κ2) is 9.11. The van der Waals surface area contributed by atoms with Gasteiger partial charge in [-0.25, -0.2) is 14.8 Å². The van der Waals surface area contributed by atoms with Crippen LogP contribution in [0.25, 0.3) is 11.0 Å². The molecule has 2 aromatic heterocycles. The van der Waals surface area contributed by atoms with Crippen molar-refractivity contribution in [3.8, 4) is 0 Å². The van der Waals surface area contributed by atoms with Crippen LogP contribution in [0.15, 0.2) is 14.6 Å². The fraction of sp³-hybridized carbons (Fsp3) is 0.650. The molecule has 0 spiro atoms. The Morgan fingerprint density at radius 1 is 1.17 bits per heavy atom. The molecular weight excluding hydrogens is 392 g/mol. The molecular formula is C20H27N4O4S-. The number of carboxylic acids is 1. The second-order valence-corrected chi connectivity index (χ2v) is 8.89. The Balaban J connectivity index is 2.20. The molecule has 0 aliphatic heterocycles. The number of nitrogens with zero attached hydrogens (tertiary/aromatic N) is 4. The normalized spacial score (nSPS) is 16.2. The van der Waals surface area contributed by atoms with Gasteiger partial charge in [-0.1, -0.05) is 50.8 Å². The van der Waals surface area contributed by atoms with Crippen molar-refractivity contribution in [3.05, 3.63) is 26.7 Å². The summed E-state index contributed by atoms with van der Waals surface area (Å²) in [6.07, 6.45) is 7.28. The number of aryl methyl sites for hydroxylation is 1. The maximum atomic E-state index is 12.9. The third-order valence-corrected chi connectivity index (χ3v) is 6.82. The topological polar surface area (TPSA) is 110 Å². The van der Waals surface area contributed by atoms with E-state index in [1.54, 1.807) is 7.05 Å². The van der Waals surface area contributed by atoms with Gasteiger partial charge in [-0.15, -0.1) is 0 Å². The van der Waals surface area contributed by atoms with E-state index in [2.05, 4.69) is 9.97 Å². The summed E-state index contributed by atoms with van der Waals surface area (Å²) in [5, 5.41) is 11.4. The van der Waals surface area contributed by atoms with Crippen molar-refractivity contribution >= 4 is 28.8 Å². The average molecular weight is 420 g/mol. The van der Waals surface area contributed by atoms with Gasteiger partial charge in [0.1, 0.15) is 16.2 Å². The second-order valence-electron chi connectivity index (χ2n) is 7.69. The molecule has 8 nitrogen and oxygen atoms in total. The molecule has 0 amide bonds. The first kappa shape index (κ1) is 21.5. The minimum Gasteiger partial charge on any atom is -0.549 e. The number of thioether (sulfide) groups is 1. The van der Waals surface area contributed by atoms with E-state index in [1.165, 1.54) is 18.0 Å². The van der Waals surface area contributed by atoms with Crippen LogP contribution in [-0.4, -0.2) is 30.3 Å². The number of rotatable bonds is 7. The van der Waals surface area contributed by atoms with E-state index in [-0.39, 0.29) is 17.0 Å². The molecule has 29 heavy (non-hydrogen) atoms. The van der Waals surface area contributed by atoms with Gasteiger partial charge >= 0.3 is 5.69 Å². The molecule has 2 aromatic rings. The van der Waals surface area contributed by atoms with E-state index >= 15 is 0 Å².